The van der Waals surface area contributed by atoms with Crippen molar-refractivity contribution in [3.05, 3.63) is 65.2 Å². The minimum absolute atomic E-state index is 0.188. The van der Waals surface area contributed by atoms with Crippen LogP contribution in [0.5, 0.6) is 0 Å². The quantitative estimate of drug-likeness (QED) is 0.430. The molecule has 1 heterocycles. The van der Waals surface area contributed by atoms with Gasteiger partial charge in [-0.05, 0) is 54.0 Å². The van der Waals surface area contributed by atoms with Crippen LogP contribution in [-0.2, 0) is 9.47 Å². The fourth-order valence-electron chi connectivity index (χ4n) is 4.66. The third-order valence-electron chi connectivity index (χ3n) is 6.68. The van der Waals surface area contributed by atoms with Gasteiger partial charge >= 0.3 is 6.18 Å². The first kappa shape index (κ1) is 23.9. The average molecular weight is 466 g/mol. The van der Waals surface area contributed by atoms with E-state index in [1.54, 1.807) is 24.3 Å². The number of benzene rings is 2. The predicted octanol–water partition coefficient (Wildman–Crippen LogP) is 7.70. The molecule has 0 unspecified atom stereocenters. The highest BCUT2D eigenvalue weighted by molar-refractivity contribution is 5.67. The number of rotatable bonds is 4. The van der Waals surface area contributed by atoms with Crippen molar-refractivity contribution in [2.75, 3.05) is 13.2 Å². The number of ether oxygens (including phenoxy) is 2. The highest BCUT2D eigenvalue weighted by Crippen LogP contribution is 2.37. The van der Waals surface area contributed by atoms with Crippen LogP contribution in [0.1, 0.15) is 50.0 Å². The molecule has 4 rings (SSSR count). The summed E-state index contributed by atoms with van der Waals surface area (Å²) >= 11 is 0. The van der Waals surface area contributed by atoms with Crippen LogP contribution in [0.25, 0.3) is 17.2 Å². The molecule has 0 atom stereocenters. The lowest BCUT2D eigenvalue weighted by molar-refractivity contribution is -0.214. The molecule has 0 N–H and O–H groups in total. The van der Waals surface area contributed by atoms with E-state index in [1.165, 1.54) is 25.7 Å². The highest BCUT2D eigenvalue weighted by Gasteiger charge is 2.31. The van der Waals surface area contributed by atoms with Crippen molar-refractivity contribution in [1.29, 1.82) is 0 Å². The Morgan fingerprint density at radius 2 is 1.39 bits per heavy atom. The fourth-order valence-corrected chi connectivity index (χ4v) is 4.66. The first-order valence-corrected chi connectivity index (χ1v) is 11.3. The Labute approximate surface area is 190 Å². The molecule has 0 amide bonds. The van der Waals surface area contributed by atoms with Crippen molar-refractivity contribution < 1.29 is 31.4 Å². The van der Waals surface area contributed by atoms with E-state index in [1.807, 2.05) is 0 Å². The molecule has 0 spiro atoms. The van der Waals surface area contributed by atoms with E-state index >= 15 is 0 Å². The molecule has 0 bridgehead atoms. The molecule has 178 valence electrons. The van der Waals surface area contributed by atoms with Gasteiger partial charge in [-0.25, -0.2) is 8.78 Å². The summed E-state index contributed by atoms with van der Waals surface area (Å²) in [5, 5.41) is 0. The van der Waals surface area contributed by atoms with Crippen LogP contribution in [0.15, 0.2) is 42.5 Å². The van der Waals surface area contributed by atoms with E-state index in [-0.39, 0.29) is 11.6 Å². The number of halogens is 5. The van der Waals surface area contributed by atoms with Gasteiger partial charge in [-0.1, -0.05) is 44.0 Å². The Hall–Kier alpha value is -2.25. The topological polar surface area (TPSA) is 18.5 Å². The first-order chi connectivity index (χ1) is 15.7. The smallest absolute Gasteiger partial charge is 0.348 e. The summed E-state index contributed by atoms with van der Waals surface area (Å²) < 4.78 is 77.4. The molecule has 1 aliphatic carbocycles. The zero-order chi connectivity index (χ0) is 23.6. The summed E-state index contributed by atoms with van der Waals surface area (Å²) in [7, 11) is 0. The summed E-state index contributed by atoms with van der Waals surface area (Å²) in [6, 6.07) is 8.98. The van der Waals surface area contributed by atoms with Crippen molar-refractivity contribution in [3.63, 3.8) is 0 Å². The van der Waals surface area contributed by atoms with E-state index in [4.69, 9.17) is 9.47 Å². The molecule has 0 aromatic heterocycles. The van der Waals surface area contributed by atoms with Gasteiger partial charge in [0, 0.05) is 23.1 Å². The van der Waals surface area contributed by atoms with Gasteiger partial charge in [-0.15, -0.1) is 0 Å². The minimum atomic E-state index is -4.65. The van der Waals surface area contributed by atoms with Gasteiger partial charge in [0.25, 0.3) is 0 Å². The van der Waals surface area contributed by atoms with Gasteiger partial charge < -0.3 is 9.47 Å². The maximum absolute atomic E-state index is 14.3. The van der Waals surface area contributed by atoms with E-state index < -0.39 is 29.7 Å². The molecule has 2 fully saturated rings. The van der Waals surface area contributed by atoms with E-state index in [0.717, 1.165) is 23.6 Å². The summed E-state index contributed by atoms with van der Waals surface area (Å²) in [6.07, 6.45) is 0.0288. The molecule has 33 heavy (non-hydrogen) atoms. The molecular weight excluding hydrogens is 439 g/mol. The van der Waals surface area contributed by atoms with E-state index in [2.05, 4.69) is 6.92 Å². The van der Waals surface area contributed by atoms with Crippen molar-refractivity contribution in [2.45, 2.75) is 45.1 Å². The maximum atomic E-state index is 14.3. The summed E-state index contributed by atoms with van der Waals surface area (Å²) in [5.41, 5.74) is 0.851. The fraction of sp³-hybridized carbons (Fsp3) is 0.462. The molecule has 2 aromatic rings. The minimum Gasteiger partial charge on any atom is -0.348 e. The van der Waals surface area contributed by atoms with Crippen LogP contribution in [-0.4, -0.2) is 19.4 Å². The van der Waals surface area contributed by atoms with Crippen molar-refractivity contribution >= 4 is 6.08 Å². The summed E-state index contributed by atoms with van der Waals surface area (Å²) in [5.74, 6) is -0.270. The van der Waals surface area contributed by atoms with Crippen LogP contribution in [0.2, 0.25) is 0 Å². The van der Waals surface area contributed by atoms with E-state index in [0.29, 0.717) is 36.7 Å². The number of alkyl halides is 3. The summed E-state index contributed by atoms with van der Waals surface area (Å²) in [6.45, 7) is 3.59. The SMILES string of the molecule is CC1CCC(C2COC(c3ccc(-c4cc(F)c(/C=C/C(F)(F)F)c(F)c4)cc3)OC2)CC1. The lowest BCUT2D eigenvalue weighted by Gasteiger charge is -2.37. The zero-order valence-electron chi connectivity index (χ0n) is 18.4. The van der Waals surface area contributed by atoms with Gasteiger partial charge in [0.2, 0.25) is 0 Å². The lowest BCUT2D eigenvalue weighted by Crippen LogP contribution is -2.34. The summed E-state index contributed by atoms with van der Waals surface area (Å²) in [4.78, 5) is 0. The molecule has 2 aliphatic rings. The molecule has 7 heteroatoms. The largest absolute Gasteiger partial charge is 0.409 e. The number of hydrogen-bond donors (Lipinski definition) is 0. The van der Waals surface area contributed by atoms with Crippen molar-refractivity contribution in [2.24, 2.45) is 17.8 Å². The Bertz CT molecular complexity index is 944. The van der Waals surface area contributed by atoms with Crippen LogP contribution >= 0.6 is 0 Å². The first-order valence-electron chi connectivity index (χ1n) is 11.3. The van der Waals surface area contributed by atoms with Crippen LogP contribution in [0, 0.1) is 29.4 Å². The third-order valence-corrected chi connectivity index (χ3v) is 6.68. The van der Waals surface area contributed by atoms with Gasteiger partial charge in [0.15, 0.2) is 6.29 Å². The second kappa shape index (κ2) is 9.94. The molecule has 2 nitrogen and oxygen atoms in total. The molecule has 0 radical (unpaired) electrons. The Kier molecular flexibility index (Phi) is 7.19. The number of hydrogen-bond acceptors (Lipinski definition) is 2. The molecule has 2 aromatic carbocycles. The van der Waals surface area contributed by atoms with Gasteiger partial charge in [0.1, 0.15) is 11.6 Å². The predicted molar refractivity (Wildman–Crippen MR) is 116 cm³/mol. The lowest BCUT2D eigenvalue weighted by atomic mass is 9.76. The molecular formula is C26H27F5O2. The Morgan fingerprint density at radius 1 is 0.818 bits per heavy atom. The van der Waals surface area contributed by atoms with Crippen LogP contribution < -0.4 is 0 Å². The van der Waals surface area contributed by atoms with Crippen LogP contribution in [0.4, 0.5) is 22.0 Å². The number of allylic oxidation sites excluding steroid dienone is 1. The second-order valence-electron chi connectivity index (χ2n) is 9.13. The average Bonchev–Trinajstić information content (AvgIpc) is 2.78. The molecule has 1 aliphatic heterocycles. The zero-order valence-corrected chi connectivity index (χ0v) is 18.4. The van der Waals surface area contributed by atoms with Crippen molar-refractivity contribution in [1.82, 2.24) is 0 Å². The highest BCUT2D eigenvalue weighted by atomic mass is 19.4. The van der Waals surface area contributed by atoms with E-state index in [9.17, 15) is 22.0 Å². The van der Waals surface area contributed by atoms with Gasteiger partial charge in [-0.3, -0.25) is 0 Å². The second-order valence-corrected chi connectivity index (χ2v) is 9.13. The maximum Gasteiger partial charge on any atom is 0.409 e. The van der Waals surface area contributed by atoms with Crippen molar-refractivity contribution in [3.8, 4) is 11.1 Å². The molecule has 1 saturated carbocycles. The molecule has 1 saturated heterocycles. The van der Waals surface area contributed by atoms with Gasteiger partial charge in [-0.2, -0.15) is 13.2 Å². The third kappa shape index (κ3) is 6.01. The monoisotopic (exact) mass is 466 g/mol. The van der Waals surface area contributed by atoms with Crippen LogP contribution in [0.3, 0.4) is 0 Å². The Morgan fingerprint density at radius 3 is 1.94 bits per heavy atom. The normalized spacial score (nSPS) is 26.6. The standard InChI is InChI=1S/C26H27F5O2/c1-16-2-4-18(5-3-16)21-14-32-25(33-15-21)19-8-6-17(7-9-19)20-12-23(27)22(24(28)13-20)10-11-26(29,30)31/h6-13,16,18,21,25H,2-5,14-15H2,1H3/b11-10+. The van der Waals surface area contributed by atoms with Gasteiger partial charge in [0.05, 0.1) is 13.2 Å². The Balaban J connectivity index is 1.40.